The summed E-state index contributed by atoms with van der Waals surface area (Å²) in [4.78, 5) is 11.1. The van der Waals surface area contributed by atoms with E-state index in [4.69, 9.17) is 15.2 Å². The molecule has 2 N–H and O–H groups in total. The predicted molar refractivity (Wildman–Crippen MR) is 61.1 cm³/mol. The fourth-order valence-corrected chi connectivity index (χ4v) is 1.35. The van der Waals surface area contributed by atoms with Gasteiger partial charge in [0.15, 0.2) is 6.61 Å². The highest BCUT2D eigenvalue weighted by molar-refractivity contribution is 5.71. The molecule has 0 heterocycles. The van der Waals surface area contributed by atoms with Crippen LogP contribution >= 0.6 is 0 Å². The van der Waals surface area contributed by atoms with Crippen LogP contribution in [0, 0.1) is 5.82 Å². The van der Waals surface area contributed by atoms with Crippen LogP contribution in [0.5, 0.6) is 5.75 Å². The van der Waals surface area contributed by atoms with Gasteiger partial charge in [0.2, 0.25) is 0 Å². The maximum Gasteiger partial charge on any atom is 0.344 e. The highest BCUT2D eigenvalue weighted by atomic mass is 19.1. The summed E-state index contributed by atoms with van der Waals surface area (Å²) in [5, 5.41) is 0. The van der Waals surface area contributed by atoms with Crippen molar-refractivity contribution in [2.75, 3.05) is 13.2 Å². The first-order chi connectivity index (χ1) is 8.04. The zero-order chi connectivity index (χ0) is 12.8. The molecule has 1 atom stereocenters. The van der Waals surface area contributed by atoms with Crippen molar-refractivity contribution in [2.45, 2.75) is 19.9 Å². The minimum Gasteiger partial charge on any atom is -0.482 e. The molecule has 0 aliphatic rings. The van der Waals surface area contributed by atoms with Crippen molar-refractivity contribution < 1.29 is 18.7 Å². The Bertz CT molecular complexity index is 393. The lowest BCUT2D eigenvalue weighted by Gasteiger charge is -2.13. The van der Waals surface area contributed by atoms with Gasteiger partial charge in [-0.25, -0.2) is 9.18 Å². The zero-order valence-corrected chi connectivity index (χ0v) is 9.90. The maximum atomic E-state index is 13.0. The Morgan fingerprint density at radius 3 is 2.82 bits per heavy atom. The van der Waals surface area contributed by atoms with E-state index in [1.807, 2.05) is 0 Å². The largest absolute Gasteiger partial charge is 0.482 e. The molecule has 0 amide bonds. The molecular formula is C12H16FNO3. The molecule has 0 radical (unpaired) electrons. The fraction of sp³-hybridized carbons (Fsp3) is 0.417. The van der Waals surface area contributed by atoms with Gasteiger partial charge in [-0.05, 0) is 32.0 Å². The fourth-order valence-electron chi connectivity index (χ4n) is 1.35. The average molecular weight is 241 g/mol. The number of halogens is 1. The number of carbonyl (C=O) groups excluding carboxylic acids is 1. The Hall–Kier alpha value is -1.62. The van der Waals surface area contributed by atoms with Gasteiger partial charge < -0.3 is 15.2 Å². The van der Waals surface area contributed by atoms with E-state index < -0.39 is 5.97 Å². The summed E-state index contributed by atoms with van der Waals surface area (Å²) in [5.74, 6) is -0.456. The van der Waals surface area contributed by atoms with Crippen LogP contribution in [0.2, 0.25) is 0 Å². The van der Waals surface area contributed by atoms with E-state index in [9.17, 15) is 9.18 Å². The Kier molecular flexibility index (Phi) is 4.90. The van der Waals surface area contributed by atoms with E-state index in [-0.39, 0.29) is 18.5 Å². The van der Waals surface area contributed by atoms with E-state index >= 15 is 0 Å². The molecule has 1 aromatic carbocycles. The molecule has 1 rings (SSSR count). The van der Waals surface area contributed by atoms with Crippen molar-refractivity contribution in [3.05, 3.63) is 29.6 Å². The summed E-state index contributed by atoms with van der Waals surface area (Å²) in [6.07, 6.45) is 0. The van der Waals surface area contributed by atoms with E-state index in [1.54, 1.807) is 13.8 Å². The Morgan fingerprint density at radius 1 is 1.53 bits per heavy atom. The van der Waals surface area contributed by atoms with E-state index in [1.165, 1.54) is 18.2 Å². The standard InChI is InChI=1S/C12H16FNO3/c1-3-16-12(15)7-17-11-5-4-9(13)6-10(11)8(2)14/h4-6,8H,3,7,14H2,1-2H3. The monoisotopic (exact) mass is 241 g/mol. The second-order valence-electron chi connectivity index (χ2n) is 3.56. The van der Waals surface area contributed by atoms with E-state index in [0.717, 1.165) is 0 Å². The number of hydrogen-bond acceptors (Lipinski definition) is 4. The summed E-state index contributed by atoms with van der Waals surface area (Å²) in [6.45, 7) is 3.51. The molecule has 0 aliphatic carbocycles. The van der Waals surface area contributed by atoms with Crippen LogP contribution in [0.3, 0.4) is 0 Å². The zero-order valence-electron chi connectivity index (χ0n) is 9.90. The molecule has 17 heavy (non-hydrogen) atoms. The van der Waals surface area contributed by atoms with Gasteiger partial charge in [0.1, 0.15) is 11.6 Å². The second-order valence-corrected chi connectivity index (χ2v) is 3.56. The molecule has 4 nitrogen and oxygen atoms in total. The number of rotatable bonds is 5. The molecule has 0 aliphatic heterocycles. The predicted octanol–water partition coefficient (Wildman–Crippen LogP) is 1.79. The first-order valence-corrected chi connectivity index (χ1v) is 5.38. The molecule has 5 heteroatoms. The minimum absolute atomic E-state index is 0.209. The van der Waals surface area contributed by atoms with Crippen molar-refractivity contribution in [2.24, 2.45) is 5.73 Å². The maximum absolute atomic E-state index is 13.0. The number of ether oxygens (including phenoxy) is 2. The average Bonchev–Trinajstić information content (AvgIpc) is 2.27. The van der Waals surface area contributed by atoms with Gasteiger partial charge in [-0.2, -0.15) is 0 Å². The highest BCUT2D eigenvalue weighted by Gasteiger charge is 2.11. The van der Waals surface area contributed by atoms with Crippen LogP contribution in [-0.2, 0) is 9.53 Å². The molecule has 0 aromatic heterocycles. The van der Waals surface area contributed by atoms with Crippen LogP contribution in [0.25, 0.3) is 0 Å². The van der Waals surface area contributed by atoms with Crippen LogP contribution in [-0.4, -0.2) is 19.2 Å². The van der Waals surface area contributed by atoms with Crippen LogP contribution in [0.1, 0.15) is 25.5 Å². The number of hydrogen-bond donors (Lipinski definition) is 1. The van der Waals surface area contributed by atoms with E-state index in [2.05, 4.69) is 0 Å². The van der Waals surface area contributed by atoms with Crippen molar-refractivity contribution >= 4 is 5.97 Å². The lowest BCUT2D eigenvalue weighted by molar-refractivity contribution is -0.145. The molecular weight excluding hydrogens is 225 g/mol. The Labute approximate surface area is 99.5 Å². The van der Waals surface area contributed by atoms with Crippen LogP contribution in [0.4, 0.5) is 4.39 Å². The Balaban J connectivity index is 2.73. The lowest BCUT2D eigenvalue weighted by atomic mass is 10.1. The third-order valence-electron chi connectivity index (χ3n) is 2.11. The van der Waals surface area contributed by atoms with Gasteiger partial charge in [0.25, 0.3) is 0 Å². The van der Waals surface area contributed by atoms with Crippen molar-refractivity contribution in [1.82, 2.24) is 0 Å². The van der Waals surface area contributed by atoms with Crippen molar-refractivity contribution in [3.63, 3.8) is 0 Å². The van der Waals surface area contributed by atoms with Crippen LogP contribution in [0.15, 0.2) is 18.2 Å². The van der Waals surface area contributed by atoms with Crippen LogP contribution < -0.4 is 10.5 Å². The molecule has 0 saturated heterocycles. The summed E-state index contributed by atoms with van der Waals surface area (Å²) >= 11 is 0. The first kappa shape index (κ1) is 13.4. The Morgan fingerprint density at radius 2 is 2.24 bits per heavy atom. The number of benzene rings is 1. The summed E-state index contributed by atoms with van der Waals surface area (Å²) in [6, 6.07) is 3.63. The summed E-state index contributed by atoms with van der Waals surface area (Å²) in [5.41, 5.74) is 6.21. The van der Waals surface area contributed by atoms with E-state index in [0.29, 0.717) is 17.9 Å². The first-order valence-electron chi connectivity index (χ1n) is 5.38. The molecule has 0 fully saturated rings. The normalized spacial score (nSPS) is 12.0. The number of nitrogens with two attached hydrogens (primary N) is 1. The number of esters is 1. The third-order valence-corrected chi connectivity index (χ3v) is 2.11. The summed E-state index contributed by atoms with van der Waals surface area (Å²) in [7, 11) is 0. The molecule has 94 valence electrons. The topological polar surface area (TPSA) is 61.5 Å². The van der Waals surface area contributed by atoms with Crippen molar-refractivity contribution in [3.8, 4) is 5.75 Å². The SMILES string of the molecule is CCOC(=O)COc1ccc(F)cc1C(C)N. The third kappa shape index (κ3) is 4.03. The van der Waals surface area contributed by atoms with Gasteiger partial charge in [-0.15, -0.1) is 0 Å². The smallest absolute Gasteiger partial charge is 0.344 e. The van der Waals surface area contributed by atoms with Gasteiger partial charge >= 0.3 is 5.97 Å². The molecule has 0 spiro atoms. The van der Waals surface area contributed by atoms with Gasteiger partial charge in [-0.1, -0.05) is 0 Å². The van der Waals surface area contributed by atoms with Gasteiger partial charge in [0.05, 0.1) is 6.61 Å². The quantitative estimate of drug-likeness (QED) is 0.798. The summed E-state index contributed by atoms with van der Waals surface area (Å²) < 4.78 is 23.0. The molecule has 0 bridgehead atoms. The second kappa shape index (κ2) is 6.20. The number of carbonyl (C=O) groups is 1. The van der Waals surface area contributed by atoms with Gasteiger partial charge in [0, 0.05) is 11.6 Å². The minimum atomic E-state index is -0.465. The van der Waals surface area contributed by atoms with Crippen molar-refractivity contribution in [1.29, 1.82) is 0 Å². The highest BCUT2D eigenvalue weighted by Crippen LogP contribution is 2.24. The van der Waals surface area contributed by atoms with Gasteiger partial charge in [-0.3, -0.25) is 0 Å². The lowest BCUT2D eigenvalue weighted by Crippen LogP contribution is -2.16. The molecule has 1 unspecified atom stereocenters. The molecule has 0 saturated carbocycles. The molecule has 1 aromatic rings.